The smallest absolute Gasteiger partial charge is 0.333 e. The zero-order valence-corrected chi connectivity index (χ0v) is 20.9. The molecule has 1 N–H and O–H groups in total. The van der Waals surface area contributed by atoms with Crippen molar-refractivity contribution in [2.45, 2.75) is 31.3 Å². The number of hydrogen-bond donors (Lipinski definition) is 1. The van der Waals surface area contributed by atoms with Crippen molar-refractivity contribution >= 4 is 22.9 Å². The summed E-state index contributed by atoms with van der Waals surface area (Å²) >= 11 is 1.45. The van der Waals surface area contributed by atoms with Gasteiger partial charge >= 0.3 is 16.4 Å². The number of benzene rings is 2. The van der Waals surface area contributed by atoms with Gasteiger partial charge in [-0.25, -0.2) is 18.7 Å². The van der Waals surface area contributed by atoms with Crippen molar-refractivity contribution < 1.29 is 18.4 Å². The lowest BCUT2D eigenvalue weighted by molar-refractivity contribution is -0.701. The molecule has 0 saturated heterocycles. The topological polar surface area (TPSA) is 82.1 Å². The van der Waals surface area contributed by atoms with E-state index >= 15 is 0 Å². The third-order valence-corrected chi connectivity index (χ3v) is 6.72. The van der Waals surface area contributed by atoms with Gasteiger partial charge in [0.25, 0.3) is 11.2 Å². The van der Waals surface area contributed by atoms with Crippen molar-refractivity contribution in [3.8, 4) is 11.5 Å². The van der Waals surface area contributed by atoms with E-state index in [0.717, 1.165) is 10.1 Å². The number of aryl methyl sites for hydroxylation is 1. The van der Waals surface area contributed by atoms with Gasteiger partial charge in [-0.2, -0.15) is 0 Å². The van der Waals surface area contributed by atoms with Crippen LogP contribution in [-0.4, -0.2) is 27.3 Å². The number of H-pyrrole nitrogens is 1. The Labute approximate surface area is 205 Å². The maximum atomic E-state index is 14.5. The van der Waals surface area contributed by atoms with Crippen molar-refractivity contribution in [2.75, 3.05) is 13.2 Å². The van der Waals surface area contributed by atoms with E-state index in [1.807, 2.05) is 32.0 Å². The molecule has 0 amide bonds. The van der Waals surface area contributed by atoms with Crippen LogP contribution in [0.1, 0.15) is 25.0 Å². The Morgan fingerprint density at radius 3 is 2.43 bits per heavy atom. The van der Waals surface area contributed by atoms with Gasteiger partial charge in [-0.1, -0.05) is 24.3 Å². The first-order valence-electron chi connectivity index (χ1n) is 11.3. The first-order valence-corrected chi connectivity index (χ1v) is 12.3. The standard InChI is InChI=1S/C25H27FN4O4S/c1-5-33-19-12-11-16(13-20(19)34-6-2)15-35-24-27-22-21(23(31)29(4)25(32)28(22)3)30(24)14-17-9-7-8-10-18(17)26/h7-13H,5-6,14-15H2,1-4H3/p+1. The minimum atomic E-state index is -0.442. The number of fused-ring (bicyclic) bond motifs is 1. The minimum absolute atomic E-state index is 0.135. The summed E-state index contributed by atoms with van der Waals surface area (Å²) in [5.41, 5.74) is 1.24. The number of thioether (sulfide) groups is 1. The molecule has 35 heavy (non-hydrogen) atoms. The van der Waals surface area contributed by atoms with Gasteiger partial charge in [-0.05, 0) is 49.4 Å². The molecule has 2 aromatic heterocycles. The van der Waals surface area contributed by atoms with Crippen LogP contribution >= 0.6 is 11.8 Å². The summed E-state index contributed by atoms with van der Waals surface area (Å²) in [7, 11) is 3.04. The monoisotopic (exact) mass is 499 g/mol. The summed E-state index contributed by atoms with van der Waals surface area (Å²) in [5, 5.41) is 0.633. The van der Waals surface area contributed by atoms with Crippen LogP contribution in [0.15, 0.2) is 57.2 Å². The number of ether oxygens (including phenoxy) is 2. The van der Waals surface area contributed by atoms with Crippen molar-refractivity contribution in [3.63, 3.8) is 0 Å². The molecular formula is C25H28FN4O4S+. The molecule has 10 heteroatoms. The molecule has 0 fully saturated rings. The molecule has 2 aromatic carbocycles. The molecule has 0 radical (unpaired) electrons. The second-order valence-electron chi connectivity index (χ2n) is 7.95. The summed E-state index contributed by atoms with van der Waals surface area (Å²) in [4.78, 5) is 28.8. The zero-order valence-electron chi connectivity index (χ0n) is 20.1. The summed E-state index contributed by atoms with van der Waals surface area (Å²) < 4.78 is 30.1. The third kappa shape index (κ3) is 4.84. The molecule has 0 saturated carbocycles. The first kappa shape index (κ1) is 24.6. The van der Waals surface area contributed by atoms with Gasteiger partial charge in [0.05, 0.1) is 13.2 Å². The van der Waals surface area contributed by atoms with Crippen molar-refractivity contribution in [1.82, 2.24) is 14.1 Å². The number of halogens is 1. The third-order valence-electron chi connectivity index (χ3n) is 5.65. The highest BCUT2D eigenvalue weighted by atomic mass is 32.2. The van der Waals surface area contributed by atoms with Gasteiger partial charge in [0, 0.05) is 25.4 Å². The lowest BCUT2D eigenvalue weighted by atomic mass is 10.2. The SMILES string of the molecule is CCOc1ccc(CSc2[nH]c3c(c(=O)n(C)c(=O)n3C)[n+]2Cc2ccccc2F)cc1OCC. The van der Waals surface area contributed by atoms with Crippen molar-refractivity contribution in [1.29, 1.82) is 0 Å². The molecular weight excluding hydrogens is 471 g/mol. The second kappa shape index (κ2) is 10.4. The number of aromatic nitrogens is 4. The molecule has 0 aliphatic heterocycles. The summed E-state index contributed by atoms with van der Waals surface area (Å²) in [5.74, 6) is 1.53. The number of nitrogens with one attached hydrogen (secondary N) is 1. The highest BCUT2D eigenvalue weighted by Gasteiger charge is 2.27. The lowest BCUT2D eigenvalue weighted by Crippen LogP contribution is -2.44. The molecule has 4 rings (SSSR count). The van der Waals surface area contributed by atoms with E-state index < -0.39 is 11.2 Å². The summed E-state index contributed by atoms with van der Waals surface area (Å²) in [6, 6.07) is 12.2. The lowest BCUT2D eigenvalue weighted by Gasteiger charge is -2.12. The molecule has 2 heterocycles. The summed E-state index contributed by atoms with van der Waals surface area (Å²) in [6.07, 6.45) is 0. The molecule has 0 unspecified atom stereocenters. The van der Waals surface area contributed by atoms with Crippen LogP contribution in [0.25, 0.3) is 11.2 Å². The Hall–Kier alpha value is -3.53. The maximum Gasteiger partial charge on any atom is 0.333 e. The number of hydrogen-bond acceptors (Lipinski definition) is 5. The predicted molar refractivity (Wildman–Crippen MR) is 133 cm³/mol. The maximum absolute atomic E-state index is 14.5. The fourth-order valence-electron chi connectivity index (χ4n) is 3.88. The Morgan fingerprint density at radius 1 is 1.00 bits per heavy atom. The van der Waals surface area contributed by atoms with Crippen LogP contribution < -0.4 is 25.3 Å². The number of nitrogens with zero attached hydrogens (tertiary/aromatic N) is 3. The van der Waals surface area contributed by atoms with Crippen LogP contribution in [0.2, 0.25) is 0 Å². The minimum Gasteiger partial charge on any atom is -0.490 e. The quantitative estimate of drug-likeness (QED) is 0.283. The van der Waals surface area contributed by atoms with Crippen molar-refractivity contribution in [3.05, 3.63) is 80.2 Å². The predicted octanol–water partition coefficient (Wildman–Crippen LogP) is 3.13. The molecule has 0 aliphatic carbocycles. The van der Waals surface area contributed by atoms with Gasteiger partial charge in [0.1, 0.15) is 12.4 Å². The van der Waals surface area contributed by atoms with Crippen molar-refractivity contribution in [2.24, 2.45) is 14.1 Å². The van der Waals surface area contributed by atoms with E-state index in [4.69, 9.17) is 9.47 Å². The van der Waals surface area contributed by atoms with Gasteiger partial charge in [-0.15, -0.1) is 0 Å². The van der Waals surface area contributed by atoms with Gasteiger partial charge < -0.3 is 9.47 Å². The molecule has 0 spiro atoms. The fourth-order valence-corrected chi connectivity index (χ4v) is 4.85. The normalized spacial score (nSPS) is 11.2. The van der Waals surface area contributed by atoms with E-state index in [1.54, 1.807) is 29.8 Å². The second-order valence-corrected chi connectivity index (χ2v) is 8.91. The Morgan fingerprint density at radius 2 is 1.71 bits per heavy atom. The molecule has 0 aliphatic rings. The van der Waals surface area contributed by atoms with E-state index in [9.17, 15) is 14.0 Å². The average Bonchev–Trinajstić information content (AvgIpc) is 3.21. The summed E-state index contributed by atoms with van der Waals surface area (Å²) in [6.45, 7) is 5.01. The van der Waals surface area contributed by atoms with E-state index in [1.165, 1.54) is 29.4 Å². The molecule has 0 atom stereocenters. The van der Waals surface area contributed by atoms with E-state index in [-0.39, 0.29) is 12.4 Å². The fraction of sp³-hybridized carbons (Fsp3) is 0.320. The van der Waals surface area contributed by atoms with Crippen LogP contribution in [0.5, 0.6) is 11.5 Å². The van der Waals surface area contributed by atoms with E-state index in [0.29, 0.717) is 52.3 Å². The highest BCUT2D eigenvalue weighted by Crippen LogP contribution is 2.31. The molecule has 4 aromatic rings. The first-order chi connectivity index (χ1) is 16.8. The van der Waals surface area contributed by atoms with Gasteiger partial charge in [0.2, 0.25) is 0 Å². The van der Waals surface area contributed by atoms with Crippen LogP contribution in [0.4, 0.5) is 4.39 Å². The van der Waals surface area contributed by atoms with Gasteiger partial charge in [-0.3, -0.25) is 13.9 Å². The molecule has 184 valence electrons. The number of rotatable bonds is 9. The Bertz CT molecular complexity index is 1490. The number of imidazole rings is 1. The average molecular weight is 500 g/mol. The Kier molecular flexibility index (Phi) is 7.30. The highest BCUT2D eigenvalue weighted by molar-refractivity contribution is 7.98. The molecule has 0 bridgehead atoms. The van der Waals surface area contributed by atoms with E-state index in [2.05, 4.69) is 4.98 Å². The van der Waals surface area contributed by atoms with Crippen LogP contribution in [0, 0.1) is 5.82 Å². The largest absolute Gasteiger partial charge is 0.490 e. The zero-order chi connectivity index (χ0) is 25.1. The van der Waals surface area contributed by atoms with Gasteiger partial charge in [0.15, 0.2) is 11.5 Å². The number of aromatic amines is 1. The van der Waals surface area contributed by atoms with Crippen LogP contribution in [-0.2, 0) is 26.4 Å². The molecule has 8 nitrogen and oxygen atoms in total. The van der Waals surface area contributed by atoms with Crippen LogP contribution in [0.3, 0.4) is 0 Å². The Balaban J connectivity index is 1.77.